The number of hydrogen-bond acceptors (Lipinski definition) is 3. The van der Waals surface area contributed by atoms with E-state index in [9.17, 15) is 0 Å². The molecule has 0 saturated carbocycles. The molecule has 4 rings (SSSR count). The van der Waals surface area contributed by atoms with Crippen LogP contribution < -0.4 is 10.1 Å². The van der Waals surface area contributed by atoms with Gasteiger partial charge in [-0.05, 0) is 42.8 Å². The molecule has 3 heteroatoms. The fraction of sp³-hybridized carbons (Fsp3) is 0.333. The summed E-state index contributed by atoms with van der Waals surface area (Å²) in [6.45, 7) is 4.23. The maximum Gasteiger partial charge on any atom is 0.119 e. The Bertz CT molecular complexity index is 836. The van der Waals surface area contributed by atoms with Crippen molar-refractivity contribution in [3.63, 3.8) is 0 Å². The number of para-hydroxylation sites is 1. The van der Waals surface area contributed by atoms with Crippen LogP contribution in [0.25, 0.3) is 10.8 Å². The summed E-state index contributed by atoms with van der Waals surface area (Å²) in [6, 6.07) is 25.8. The number of nitrogens with one attached hydrogen (secondary N) is 1. The van der Waals surface area contributed by atoms with Crippen LogP contribution in [0.2, 0.25) is 0 Å². The fourth-order valence-electron chi connectivity index (χ4n) is 3.87. The lowest BCUT2D eigenvalue weighted by Crippen LogP contribution is -2.39. The van der Waals surface area contributed by atoms with Gasteiger partial charge in [-0.15, -0.1) is 0 Å². The highest BCUT2D eigenvalue weighted by atomic mass is 16.5. The molecule has 1 aliphatic heterocycles. The normalized spacial score (nSPS) is 15.7. The van der Waals surface area contributed by atoms with Crippen molar-refractivity contribution in [3.05, 3.63) is 72.8 Å². The predicted molar refractivity (Wildman–Crippen MR) is 114 cm³/mol. The van der Waals surface area contributed by atoms with Crippen LogP contribution in [0.15, 0.2) is 72.8 Å². The Balaban J connectivity index is 1.21. The van der Waals surface area contributed by atoms with Crippen LogP contribution in [0.4, 0.5) is 5.69 Å². The predicted octanol–water partition coefficient (Wildman–Crippen LogP) is 5.19. The lowest BCUT2D eigenvalue weighted by atomic mass is 10.0. The van der Waals surface area contributed by atoms with Gasteiger partial charge in [0.25, 0.3) is 0 Å². The third-order valence-electron chi connectivity index (χ3n) is 5.37. The summed E-state index contributed by atoms with van der Waals surface area (Å²) < 4.78 is 5.80. The first-order valence-electron chi connectivity index (χ1n) is 10.0. The van der Waals surface area contributed by atoms with E-state index in [2.05, 4.69) is 52.7 Å². The lowest BCUT2D eigenvalue weighted by Gasteiger charge is -2.33. The van der Waals surface area contributed by atoms with Crippen LogP contribution in [-0.4, -0.2) is 37.2 Å². The summed E-state index contributed by atoms with van der Waals surface area (Å²) in [5, 5.41) is 6.41. The van der Waals surface area contributed by atoms with Gasteiger partial charge in [0.05, 0.1) is 6.61 Å². The summed E-state index contributed by atoms with van der Waals surface area (Å²) in [4.78, 5) is 2.57. The van der Waals surface area contributed by atoms with E-state index < -0.39 is 0 Å². The Hall–Kier alpha value is -2.52. The molecule has 1 heterocycles. The third-order valence-corrected chi connectivity index (χ3v) is 5.37. The minimum atomic E-state index is 0.563. The molecular weight excluding hydrogens is 332 g/mol. The van der Waals surface area contributed by atoms with Crippen LogP contribution >= 0.6 is 0 Å². The second-order valence-electron chi connectivity index (χ2n) is 7.30. The van der Waals surface area contributed by atoms with E-state index in [1.165, 1.54) is 29.3 Å². The maximum absolute atomic E-state index is 5.80. The Labute approximate surface area is 162 Å². The molecule has 0 radical (unpaired) electrons. The van der Waals surface area contributed by atoms with Crippen molar-refractivity contribution >= 4 is 16.5 Å². The second-order valence-corrected chi connectivity index (χ2v) is 7.30. The van der Waals surface area contributed by atoms with Gasteiger partial charge in [0, 0.05) is 36.7 Å². The molecule has 0 spiro atoms. The molecule has 3 nitrogen and oxygen atoms in total. The van der Waals surface area contributed by atoms with Gasteiger partial charge in [0.2, 0.25) is 0 Å². The SMILES string of the molecule is c1ccc(OCCCN2CCC(Nc3cccc4ccccc34)CC2)cc1. The van der Waals surface area contributed by atoms with Crippen molar-refractivity contribution in [2.24, 2.45) is 0 Å². The number of nitrogens with zero attached hydrogens (tertiary/aromatic N) is 1. The average molecular weight is 361 g/mol. The number of anilines is 1. The Kier molecular flexibility index (Phi) is 5.90. The van der Waals surface area contributed by atoms with E-state index in [1.807, 2.05) is 30.3 Å². The Morgan fingerprint density at radius 1 is 0.852 bits per heavy atom. The van der Waals surface area contributed by atoms with Gasteiger partial charge in [-0.2, -0.15) is 0 Å². The summed E-state index contributed by atoms with van der Waals surface area (Å²) >= 11 is 0. The molecule has 1 aliphatic rings. The van der Waals surface area contributed by atoms with E-state index in [0.29, 0.717) is 6.04 Å². The number of benzene rings is 3. The number of piperidine rings is 1. The summed E-state index contributed by atoms with van der Waals surface area (Å²) in [7, 11) is 0. The summed E-state index contributed by atoms with van der Waals surface area (Å²) in [5.74, 6) is 0.968. The molecule has 1 fully saturated rings. The van der Waals surface area contributed by atoms with Gasteiger partial charge in [-0.25, -0.2) is 0 Å². The molecule has 0 atom stereocenters. The van der Waals surface area contributed by atoms with Crippen molar-refractivity contribution in [1.82, 2.24) is 4.90 Å². The topological polar surface area (TPSA) is 24.5 Å². The maximum atomic E-state index is 5.80. The largest absolute Gasteiger partial charge is 0.494 e. The van der Waals surface area contributed by atoms with Gasteiger partial charge in [-0.1, -0.05) is 54.6 Å². The monoisotopic (exact) mass is 360 g/mol. The molecule has 0 bridgehead atoms. The van der Waals surface area contributed by atoms with Gasteiger partial charge in [0.1, 0.15) is 5.75 Å². The zero-order chi connectivity index (χ0) is 18.3. The van der Waals surface area contributed by atoms with Crippen LogP contribution in [0.1, 0.15) is 19.3 Å². The Morgan fingerprint density at radius 2 is 1.59 bits per heavy atom. The molecule has 27 heavy (non-hydrogen) atoms. The van der Waals surface area contributed by atoms with Gasteiger partial charge >= 0.3 is 0 Å². The second kappa shape index (κ2) is 8.92. The summed E-state index contributed by atoms with van der Waals surface area (Å²) in [6.07, 6.45) is 3.47. The number of likely N-dealkylation sites (tertiary alicyclic amines) is 1. The first kappa shape index (κ1) is 17.9. The molecule has 0 unspecified atom stereocenters. The minimum absolute atomic E-state index is 0.563. The van der Waals surface area contributed by atoms with Crippen molar-refractivity contribution in [2.45, 2.75) is 25.3 Å². The third kappa shape index (κ3) is 4.81. The van der Waals surface area contributed by atoms with Crippen LogP contribution in [0.5, 0.6) is 5.75 Å². The molecule has 0 amide bonds. The molecule has 3 aromatic rings. The molecule has 0 aromatic heterocycles. The quantitative estimate of drug-likeness (QED) is 0.587. The van der Waals surface area contributed by atoms with Crippen LogP contribution in [0.3, 0.4) is 0 Å². The molecule has 1 saturated heterocycles. The van der Waals surface area contributed by atoms with Crippen molar-refractivity contribution < 1.29 is 4.74 Å². The molecular formula is C24H28N2O. The highest BCUT2D eigenvalue weighted by Crippen LogP contribution is 2.25. The zero-order valence-corrected chi connectivity index (χ0v) is 15.8. The zero-order valence-electron chi connectivity index (χ0n) is 15.8. The first-order chi connectivity index (χ1) is 13.4. The van der Waals surface area contributed by atoms with Crippen LogP contribution in [0, 0.1) is 0 Å². The van der Waals surface area contributed by atoms with E-state index in [0.717, 1.165) is 38.4 Å². The van der Waals surface area contributed by atoms with E-state index in [-0.39, 0.29) is 0 Å². The fourth-order valence-corrected chi connectivity index (χ4v) is 3.87. The smallest absolute Gasteiger partial charge is 0.119 e. The number of rotatable bonds is 7. The van der Waals surface area contributed by atoms with Crippen molar-refractivity contribution in [1.29, 1.82) is 0 Å². The lowest BCUT2D eigenvalue weighted by molar-refractivity contribution is 0.198. The molecule has 140 valence electrons. The average Bonchev–Trinajstić information content (AvgIpc) is 2.73. The minimum Gasteiger partial charge on any atom is -0.494 e. The van der Waals surface area contributed by atoms with E-state index >= 15 is 0 Å². The van der Waals surface area contributed by atoms with Crippen LogP contribution in [-0.2, 0) is 0 Å². The first-order valence-corrected chi connectivity index (χ1v) is 10.0. The van der Waals surface area contributed by atoms with Crippen molar-refractivity contribution in [3.8, 4) is 5.75 Å². The molecule has 0 aliphatic carbocycles. The standard InChI is InChI=1S/C24H28N2O/c1-2-10-22(11-3-1)27-19-7-16-26-17-14-21(15-18-26)25-24-13-6-9-20-8-4-5-12-23(20)24/h1-6,8-13,21,25H,7,14-19H2. The van der Waals surface area contributed by atoms with Gasteiger partial charge in [0.15, 0.2) is 0 Å². The molecule has 1 N–H and O–H groups in total. The van der Waals surface area contributed by atoms with Crippen molar-refractivity contribution in [2.75, 3.05) is 31.6 Å². The highest BCUT2D eigenvalue weighted by Gasteiger charge is 2.19. The van der Waals surface area contributed by atoms with E-state index in [4.69, 9.17) is 4.74 Å². The number of fused-ring (bicyclic) bond motifs is 1. The number of ether oxygens (including phenoxy) is 1. The molecule has 3 aromatic carbocycles. The highest BCUT2D eigenvalue weighted by molar-refractivity contribution is 5.93. The Morgan fingerprint density at radius 3 is 2.44 bits per heavy atom. The van der Waals surface area contributed by atoms with E-state index in [1.54, 1.807) is 0 Å². The van der Waals surface area contributed by atoms with Gasteiger partial charge < -0.3 is 15.0 Å². The number of hydrogen-bond donors (Lipinski definition) is 1. The summed E-state index contributed by atoms with van der Waals surface area (Å²) in [5.41, 5.74) is 1.27. The van der Waals surface area contributed by atoms with Gasteiger partial charge in [-0.3, -0.25) is 0 Å².